The Morgan fingerprint density at radius 2 is 1.95 bits per heavy atom. The second-order valence-corrected chi connectivity index (χ2v) is 17.6. The van der Waals surface area contributed by atoms with Gasteiger partial charge in [0, 0.05) is 56.5 Å². The third-order valence-corrected chi connectivity index (χ3v) is 12.4. The number of aliphatic imine (C=N–C) groups is 1. The van der Waals surface area contributed by atoms with Crippen LogP contribution in [-0.4, -0.2) is 113 Å². The molecule has 55 heavy (non-hydrogen) atoms. The van der Waals surface area contributed by atoms with Crippen molar-refractivity contribution in [2.24, 2.45) is 4.99 Å². The lowest BCUT2D eigenvalue weighted by Gasteiger charge is -2.42. The number of carbonyl (C=O) groups is 1. The average Bonchev–Trinajstić information content (AvgIpc) is 3.84. The van der Waals surface area contributed by atoms with Gasteiger partial charge in [0.05, 0.1) is 39.2 Å². The molecule has 8 rings (SSSR count). The van der Waals surface area contributed by atoms with Gasteiger partial charge in [0.1, 0.15) is 46.6 Å². The van der Waals surface area contributed by atoms with Crippen LogP contribution in [0.15, 0.2) is 23.2 Å². The number of halogens is 4. The third kappa shape index (κ3) is 6.69. The molecule has 4 aliphatic heterocycles. The van der Waals surface area contributed by atoms with Gasteiger partial charge in [-0.3, -0.25) is 9.80 Å². The summed E-state index contributed by atoms with van der Waals surface area (Å²) in [4.78, 5) is 34.8. The Bertz CT molecular complexity index is 2260. The molecule has 290 valence electrons. The number of alkyl halides is 1. The molecule has 0 N–H and O–H groups in total. The van der Waals surface area contributed by atoms with Crippen molar-refractivity contribution in [1.82, 2.24) is 24.7 Å². The molecule has 2 aromatic carbocycles. The van der Waals surface area contributed by atoms with E-state index in [4.69, 9.17) is 26.1 Å². The summed E-state index contributed by atoms with van der Waals surface area (Å²) in [7, 11) is 3.54. The fourth-order valence-corrected chi connectivity index (χ4v) is 10.1. The molecular formula is C39H42ClF3N8O3S. The van der Waals surface area contributed by atoms with E-state index >= 15 is 8.78 Å². The van der Waals surface area contributed by atoms with E-state index in [0.29, 0.717) is 37.3 Å². The lowest BCUT2D eigenvalue weighted by molar-refractivity contribution is 0.0122. The van der Waals surface area contributed by atoms with Crippen molar-refractivity contribution in [1.29, 1.82) is 5.26 Å². The van der Waals surface area contributed by atoms with Crippen molar-refractivity contribution in [2.75, 3.05) is 51.8 Å². The smallest absolute Gasteiger partial charge is 0.410 e. The Labute approximate surface area is 326 Å². The van der Waals surface area contributed by atoms with Crippen LogP contribution in [-0.2, 0) is 4.74 Å². The SMILES string of the molecule is CN(C)/C=N/c1sc2c(F)ccc(-c3c(Cl)cc4c(N5CC6CCC(C5)N6C(=O)OC(C)(C)C)nc(OC[C@@]56CCCN5C[C@H](F)C6)nc4c3F)c2c1C#N. The average molecular weight is 795 g/mol. The van der Waals surface area contributed by atoms with Crippen LogP contribution in [0.25, 0.3) is 32.1 Å². The minimum atomic E-state index is -0.965. The van der Waals surface area contributed by atoms with E-state index in [0.717, 1.165) is 43.6 Å². The molecule has 0 saturated carbocycles. The van der Waals surface area contributed by atoms with Gasteiger partial charge < -0.3 is 19.3 Å². The van der Waals surface area contributed by atoms with Crippen LogP contribution in [0.5, 0.6) is 6.01 Å². The Morgan fingerprint density at radius 1 is 1.20 bits per heavy atom. The zero-order chi connectivity index (χ0) is 39.0. The van der Waals surface area contributed by atoms with E-state index < -0.39 is 28.9 Å². The number of nitrogens with zero attached hydrogens (tertiary/aromatic N) is 8. The highest BCUT2D eigenvalue weighted by atomic mass is 35.5. The highest BCUT2D eigenvalue weighted by Gasteiger charge is 2.50. The monoisotopic (exact) mass is 794 g/mol. The lowest BCUT2D eigenvalue weighted by atomic mass is 9.95. The number of fused-ring (bicyclic) bond motifs is 5. The van der Waals surface area contributed by atoms with Crippen LogP contribution in [0.1, 0.15) is 58.4 Å². The van der Waals surface area contributed by atoms with Crippen LogP contribution < -0.4 is 9.64 Å². The van der Waals surface area contributed by atoms with Crippen LogP contribution >= 0.6 is 22.9 Å². The predicted molar refractivity (Wildman–Crippen MR) is 207 cm³/mol. The van der Waals surface area contributed by atoms with Gasteiger partial charge >= 0.3 is 12.1 Å². The van der Waals surface area contributed by atoms with Gasteiger partial charge in [0.25, 0.3) is 0 Å². The van der Waals surface area contributed by atoms with Crippen molar-refractivity contribution < 1.29 is 27.4 Å². The summed E-state index contributed by atoms with van der Waals surface area (Å²) in [6, 6.07) is 5.96. The molecule has 2 bridgehead atoms. The first-order valence-corrected chi connectivity index (χ1v) is 19.7. The summed E-state index contributed by atoms with van der Waals surface area (Å²) in [5.41, 5.74) is -0.978. The maximum Gasteiger partial charge on any atom is 0.410 e. The van der Waals surface area contributed by atoms with Crippen molar-refractivity contribution in [2.45, 2.75) is 82.3 Å². The zero-order valence-electron chi connectivity index (χ0n) is 31.3. The van der Waals surface area contributed by atoms with E-state index in [9.17, 15) is 14.4 Å². The van der Waals surface area contributed by atoms with Gasteiger partial charge in [-0.25, -0.2) is 23.0 Å². The summed E-state index contributed by atoms with van der Waals surface area (Å²) in [6.07, 6.45) is 3.72. The summed E-state index contributed by atoms with van der Waals surface area (Å²) in [6.45, 7) is 7.56. The standard InChI is InChI=1S/C39H42ClF3N8O3S/c1-38(2,3)54-37(52)51-22-7-8-23(51)18-49(17-22)34-25-13-27(40)30(24-9-10-28(42)33-29(24)26(15-44)35(55-33)45-20-48(4)5)31(43)32(25)46-36(47-34)53-19-39-11-6-12-50(39)16-21(41)14-39/h9-10,13,20-23H,6-8,11-12,14,16-19H2,1-5H3/b45-20+/t21-,22?,23?,39+/m1/s1. The molecule has 2 unspecified atom stereocenters. The van der Waals surface area contributed by atoms with Crippen LogP contribution in [0.4, 0.5) is 28.8 Å². The van der Waals surface area contributed by atoms with E-state index in [2.05, 4.69) is 20.9 Å². The molecule has 0 spiro atoms. The van der Waals surface area contributed by atoms with Gasteiger partial charge in [0.15, 0.2) is 5.82 Å². The maximum atomic E-state index is 17.4. The molecule has 4 saturated heterocycles. The Morgan fingerprint density at radius 3 is 2.64 bits per heavy atom. The number of benzene rings is 2. The van der Waals surface area contributed by atoms with Gasteiger partial charge in [-0.15, -0.1) is 11.3 Å². The largest absolute Gasteiger partial charge is 0.461 e. The highest BCUT2D eigenvalue weighted by molar-refractivity contribution is 7.23. The molecule has 4 fully saturated rings. The van der Waals surface area contributed by atoms with Gasteiger partial charge in [-0.05, 0) is 70.7 Å². The van der Waals surface area contributed by atoms with E-state index in [1.165, 1.54) is 18.5 Å². The number of thiophene rings is 1. The summed E-state index contributed by atoms with van der Waals surface area (Å²) in [5, 5.41) is 11.1. The minimum Gasteiger partial charge on any atom is -0.461 e. The normalized spacial score (nSPS) is 24.0. The Hall–Kier alpha value is -4.39. The number of nitriles is 1. The molecular weight excluding hydrogens is 753 g/mol. The number of aromatic nitrogens is 2. The fraction of sp³-hybridized carbons (Fsp3) is 0.513. The number of piperazine rings is 1. The molecule has 0 radical (unpaired) electrons. The number of hydrogen-bond acceptors (Lipinski definition) is 10. The molecule has 4 atom stereocenters. The first-order valence-electron chi connectivity index (χ1n) is 18.5. The zero-order valence-corrected chi connectivity index (χ0v) is 32.9. The van der Waals surface area contributed by atoms with Crippen molar-refractivity contribution in [3.05, 3.63) is 40.4 Å². The summed E-state index contributed by atoms with van der Waals surface area (Å²) in [5.74, 6) is -0.980. The van der Waals surface area contributed by atoms with E-state index in [-0.39, 0.29) is 73.1 Å². The van der Waals surface area contributed by atoms with E-state index in [1.54, 1.807) is 30.0 Å². The Balaban J connectivity index is 1.25. The summed E-state index contributed by atoms with van der Waals surface area (Å²) >= 11 is 7.98. The van der Waals surface area contributed by atoms with Crippen LogP contribution in [0, 0.1) is 23.0 Å². The van der Waals surface area contributed by atoms with E-state index in [1.807, 2.05) is 25.7 Å². The second-order valence-electron chi connectivity index (χ2n) is 16.2. The highest BCUT2D eigenvalue weighted by Crippen LogP contribution is 2.48. The molecule has 2 aromatic heterocycles. The fourth-order valence-electron chi connectivity index (χ4n) is 8.78. The number of hydrogen-bond donors (Lipinski definition) is 0. The van der Waals surface area contributed by atoms with Gasteiger partial charge in [-0.2, -0.15) is 15.2 Å². The maximum absolute atomic E-state index is 17.4. The quantitative estimate of drug-likeness (QED) is 0.136. The second kappa shape index (κ2) is 14.0. The van der Waals surface area contributed by atoms with Crippen molar-refractivity contribution in [3.8, 4) is 23.2 Å². The molecule has 4 aliphatic rings. The number of amides is 1. The predicted octanol–water partition coefficient (Wildman–Crippen LogP) is 8.08. The molecule has 4 aromatic rings. The minimum absolute atomic E-state index is 0.0145. The molecule has 11 nitrogen and oxygen atoms in total. The van der Waals surface area contributed by atoms with Gasteiger partial charge in [-0.1, -0.05) is 17.7 Å². The lowest BCUT2D eigenvalue weighted by Crippen LogP contribution is -2.57. The number of anilines is 1. The Kier molecular flexibility index (Phi) is 9.53. The third-order valence-electron chi connectivity index (χ3n) is 11.0. The summed E-state index contributed by atoms with van der Waals surface area (Å²) < 4.78 is 59.6. The molecule has 1 amide bonds. The van der Waals surface area contributed by atoms with Gasteiger partial charge in [0.2, 0.25) is 0 Å². The first-order chi connectivity index (χ1) is 26.2. The topological polar surface area (TPSA) is 110 Å². The number of ether oxygens (including phenoxy) is 2. The van der Waals surface area contributed by atoms with Crippen molar-refractivity contribution >= 4 is 67.2 Å². The molecule has 0 aliphatic carbocycles. The number of rotatable bonds is 7. The molecule has 16 heteroatoms. The van der Waals surface area contributed by atoms with Crippen LogP contribution in [0.2, 0.25) is 5.02 Å². The molecule has 6 heterocycles. The number of carbonyl (C=O) groups excluding carboxylic acids is 1. The van der Waals surface area contributed by atoms with Crippen LogP contribution in [0.3, 0.4) is 0 Å². The first kappa shape index (κ1) is 37.5. The van der Waals surface area contributed by atoms with Crippen molar-refractivity contribution in [3.63, 3.8) is 0 Å².